The summed E-state index contributed by atoms with van der Waals surface area (Å²) < 4.78 is 0. The fourth-order valence-corrected chi connectivity index (χ4v) is 1.42. The molecule has 0 spiro atoms. The topological polar surface area (TPSA) is 66.9 Å². The number of hydroxylamine groups is 2. The summed E-state index contributed by atoms with van der Waals surface area (Å²) in [7, 11) is 0. The molecule has 1 aliphatic heterocycles. The van der Waals surface area contributed by atoms with Gasteiger partial charge in [-0.15, -0.1) is 5.06 Å². The van der Waals surface area contributed by atoms with Crippen LogP contribution in [0.5, 0.6) is 0 Å². The molecule has 90 valence electrons. The number of hydrogen-bond acceptors (Lipinski definition) is 5. The quantitative estimate of drug-likeness (QED) is 0.616. The lowest BCUT2D eigenvalue weighted by molar-refractivity contribution is -0.198. The predicted octanol–water partition coefficient (Wildman–Crippen LogP) is -0.0646. The highest BCUT2D eigenvalue weighted by molar-refractivity contribution is 6.01. The standard InChI is InChI=1S/C10H16N2O4/c1-3-11(4-2)7-10(15)16-12-8(13)5-6-9(12)14/h3-7H2,1-2H3. The van der Waals surface area contributed by atoms with E-state index in [0.29, 0.717) is 18.2 Å². The highest BCUT2D eigenvalue weighted by Crippen LogP contribution is 2.12. The Morgan fingerprint density at radius 2 is 1.75 bits per heavy atom. The van der Waals surface area contributed by atoms with Gasteiger partial charge in [-0.1, -0.05) is 13.8 Å². The molecule has 2 amide bonds. The van der Waals surface area contributed by atoms with E-state index in [4.69, 9.17) is 4.84 Å². The van der Waals surface area contributed by atoms with Crippen LogP contribution in [0.15, 0.2) is 0 Å². The maximum absolute atomic E-state index is 11.4. The van der Waals surface area contributed by atoms with E-state index in [-0.39, 0.29) is 19.4 Å². The first-order valence-corrected chi connectivity index (χ1v) is 5.37. The third-order valence-corrected chi connectivity index (χ3v) is 2.45. The molecule has 6 nitrogen and oxygen atoms in total. The van der Waals surface area contributed by atoms with Crippen LogP contribution < -0.4 is 0 Å². The van der Waals surface area contributed by atoms with Gasteiger partial charge in [0, 0.05) is 12.8 Å². The van der Waals surface area contributed by atoms with Gasteiger partial charge in [0.25, 0.3) is 11.8 Å². The molecule has 1 saturated heterocycles. The minimum absolute atomic E-state index is 0.0874. The van der Waals surface area contributed by atoms with Crippen LogP contribution in [0.25, 0.3) is 0 Å². The third kappa shape index (κ3) is 3.03. The summed E-state index contributed by atoms with van der Waals surface area (Å²) in [5.74, 6) is -1.47. The van der Waals surface area contributed by atoms with E-state index in [0.717, 1.165) is 0 Å². The number of carbonyl (C=O) groups excluding carboxylic acids is 3. The predicted molar refractivity (Wildman–Crippen MR) is 55.0 cm³/mol. The summed E-state index contributed by atoms with van der Waals surface area (Å²) in [4.78, 5) is 40.3. The molecular formula is C10H16N2O4. The molecule has 0 saturated carbocycles. The Hall–Kier alpha value is -1.43. The second-order valence-electron chi connectivity index (χ2n) is 3.51. The maximum Gasteiger partial charge on any atom is 0.347 e. The van der Waals surface area contributed by atoms with Crippen LogP contribution in [-0.2, 0) is 19.2 Å². The Balaban J connectivity index is 2.45. The van der Waals surface area contributed by atoms with Crippen molar-refractivity contribution in [1.82, 2.24) is 9.96 Å². The number of nitrogens with zero attached hydrogens (tertiary/aromatic N) is 2. The van der Waals surface area contributed by atoms with Gasteiger partial charge >= 0.3 is 5.97 Å². The molecule has 0 N–H and O–H groups in total. The molecular weight excluding hydrogens is 212 g/mol. The molecule has 0 radical (unpaired) electrons. The smallest absolute Gasteiger partial charge is 0.329 e. The number of hydrogen-bond donors (Lipinski definition) is 0. The first kappa shape index (κ1) is 12.6. The molecule has 1 fully saturated rings. The van der Waals surface area contributed by atoms with Crippen molar-refractivity contribution >= 4 is 17.8 Å². The molecule has 0 aromatic rings. The fourth-order valence-electron chi connectivity index (χ4n) is 1.42. The zero-order chi connectivity index (χ0) is 12.1. The van der Waals surface area contributed by atoms with Gasteiger partial charge in [0.2, 0.25) is 0 Å². The molecule has 1 rings (SSSR count). The largest absolute Gasteiger partial charge is 0.347 e. The lowest BCUT2D eigenvalue weighted by Gasteiger charge is -2.18. The van der Waals surface area contributed by atoms with Crippen molar-refractivity contribution < 1.29 is 19.2 Å². The number of carbonyl (C=O) groups is 3. The van der Waals surface area contributed by atoms with E-state index in [1.165, 1.54) is 0 Å². The monoisotopic (exact) mass is 228 g/mol. The molecule has 0 aromatic carbocycles. The van der Waals surface area contributed by atoms with Gasteiger partial charge in [0.1, 0.15) is 0 Å². The summed E-state index contributed by atoms with van der Waals surface area (Å²) >= 11 is 0. The Morgan fingerprint density at radius 1 is 1.25 bits per heavy atom. The van der Waals surface area contributed by atoms with Crippen molar-refractivity contribution in [2.75, 3.05) is 19.6 Å². The Morgan fingerprint density at radius 3 is 2.19 bits per heavy atom. The lowest BCUT2D eigenvalue weighted by atomic mass is 10.4. The summed E-state index contributed by atoms with van der Waals surface area (Å²) in [5, 5.41) is 0.575. The zero-order valence-corrected chi connectivity index (χ0v) is 9.56. The second kappa shape index (κ2) is 5.60. The molecule has 16 heavy (non-hydrogen) atoms. The molecule has 0 aliphatic carbocycles. The Kier molecular flexibility index (Phi) is 4.42. The maximum atomic E-state index is 11.4. The molecule has 0 aromatic heterocycles. The SMILES string of the molecule is CCN(CC)CC(=O)ON1C(=O)CCC1=O. The number of amides is 2. The zero-order valence-electron chi connectivity index (χ0n) is 9.56. The highest BCUT2D eigenvalue weighted by Gasteiger charge is 2.32. The van der Waals surface area contributed by atoms with Crippen LogP contribution in [0, 0.1) is 0 Å². The third-order valence-electron chi connectivity index (χ3n) is 2.45. The van der Waals surface area contributed by atoms with Crippen LogP contribution in [0.3, 0.4) is 0 Å². The molecule has 1 heterocycles. The van der Waals surface area contributed by atoms with Crippen LogP contribution >= 0.6 is 0 Å². The summed E-state index contributed by atoms with van der Waals surface area (Å²) in [6.07, 6.45) is 0.245. The molecule has 6 heteroatoms. The number of imide groups is 1. The summed E-state index contributed by atoms with van der Waals surface area (Å²) in [6.45, 7) is 5.36. The van der Waals surface area contributed by atoms with Crippen LogP contribution in [0.1, 0.15) is 26.7 Å². The lowest BCUT2D eigenvalue weighted by Crippen LogP contribution is -2.37. The van der Waals surface area contributed by atoms with Crippen molar-refractivity contribution in [2.24, 2.45) is 0 Å². The van der Waals surface area contributed by atoms with Crippen molar-refractivity contribution in [3.05, 3.63) is 0 Å². The highest BCUT2D eigenvalue weighted by atomic mass is 16.7. The van der Waals surface area contributed by atoms with E-state index in [1.807, 2.05) is 18.7 Å². The van der Waals surface area contributed by atoms with Crippen molar-refractivity contribution in [2.45, 2.75) is 26.7 Å². The number of rotatable bonds is 5. The van der Waals surface area contributed by atoms with Crippen molar-refractivity contribution in [3.63, 3.8) is 0 Å². The Labute approximate surface area is 94.1 Å². The average Bonchev–Trinajstić information content (AvgIpc) is 2.57. The van der Waals surface area contributed by atoms with Crippen LogP contribution in [0.4, 0.5) is 0 Å². The first-order valence-electron chi connectivity index (χ1n) is 5.37. The van der Waals surface area contributed by atoms with Gasteiger partial charge in [-0.25, -0.2) is 4.79 Å². The normalized spacial score (nSPS) is 16.1. The molecule has 0 bridgehead atoms. The summed E-state index contributed by atoms with van der Waals surface area (Å²) in [5.41, 5.74) is 0. The van der Waals surface area contributed by atoms with E-state index >= 15 is 0 Å². The average molecular weight is 228 g/mol. The van der Waals surface area contributed by atoms with Gasteiger partial charge in [-0.05, 0) is 13.1 Å². The van der Waals surface area contributed by atoms with Gasteiger partial charge in [-0.2, -0.15) is 0 Å². The van der Waals surface area contributed by atoms with E-state index in [1.54, 1.807) is 0 Å². The van der Waals surface area contributed by atoms with Crippen LogP contribution in [-0.4, -0.2) is 47.4 Å². The van der Waals surface area contributed by atoms with Crippen molar-refractivity contribution in [1.29, 1.82) is 0 Å². The van der Waals surface area contributed by atoms with Gasteiger partial charge < -0.3 is 4.84 Å². The molecule has 1 aliphatic rings. The van der Waals surface area contributed by atoms with Gasteiger partial charge in [-0.3, -0.25) is 14.5 Å². The van der Waals surface area contributed by atoms with E-state index < -0.39 is 17.8 Å². The van der Waals surface area contributed by atoms with Crippen molar-refractivity contribution in [3.8, 4) is 0 Å². The second-order valence-corrected chi connectivity index (χ2v) is 3.51. The van der Waals surface area contributed by atoms with Gasteiger partial charge in [0.05, 0.1) is 6.54 Å². The Bertz CT molecular complexity index is 283. The number of likely N-dealkylation sites (N-methyl/N-ethyl adjacent to an activating group) is 1. The van der Waals surface area contributed by atoms with Gasteiger partial charge in [0.15, 0.2) is 0 Å². The van der Waals surface area contributed by atoms with E-state index in [2.05, 4.69) is 0 Å². The van der Waals surface area contributed by atoms with E-state index in [9.17, 15) is 14.4 Å². The fraction of sp³-hybridized carbons (Fsp3) is 0.700. The minimum Gasteiger partial charge on any atom is -0.329 e. The summed E-state index contributed by atoms with van der Waals surface area (Å²) in [6, 6.07) is 0. The van der Waals surface area contributed by atoms with Crippen LogP contribution in [0.2, 0.25) is 0 Å². The minimum atomic E-state index is -0.577. The molecule has 0 unspecified atom stereocenters. The molecule has 0 atom stereocenters. The first-order chi connectivity index (χ1) is 7.58.